The van der Waals surface area contributed by atoms with Gasteiger partial charge in [-0.1, -0.05) is 32.4 Å². The lowest BCUT2D eigenvalue weighted by atomic mass is 9.91. The van der Waals surface area contributed by atoms with Gasteiger partial charge in [0.25, 0.3) is 0 Å². The second-order valence-electron chi connectivity index (χ2n) is 5.31. The van der Waals surface area contributed by atoms with Crippen molar-refractivity contribution in [3.63, 3.8) is 0 Å². The maximum atomic E-state index is 10.1. The third kappa shape index (κ3) is 4.97. The monoisotopic (exact) mass is 299 g/mol. The SMILES string of the molecule is CCCOc1ccc(Cl)cc1C(C)CC(O)C(N)CC. The highest BCUT2D eigenvalue weighted by Crippen LogP contribution is 2.32. The lowest BCUT2D eigenvalue weighted by Crippen LogP contribution is -2.34. The van der Waals surface area contributed by atoms with Gasteiger partial charge in [0, 0.05) is 11.1 Å². The summed E-state index contributed by atoms with van der Waals surface area (Å²) >= 11 is 6.08. The summed E-state index contributed by atoms with van der Waals surface area (Å²) in [5.41, 5.74) is 6.92. The Morgan fingerprint density at radius 2 is 2.05 bits per heavy atom. The van der Waals surface area contributed by atoms with Crippen LogP contribution in [-0.2, 0) is 0 Å². The van der Waals surface area contributed by atoms with Crippen LogP contribution in [0.3, 0.4) is 0 Å². The van der Waals surface area contributed by atoms with Crippen molar-refractivity contribution in [3.05, 3.63) is 28.8 Å². The number of ether oxygens (including phenoxy) is 1. The van der Waals surface area contributed by atoms with Crippen LogP contribution in [0.4, 0.5) is 0 Å². The molecular formula is C16H26ClNO2. The van der Waals surface area contributed by atoms with Crippen LogP contribution in [0, 0.1) is 0 Å². The Kier molecular flexibility index (Phi) is 7.35. The molecule has 0 fully saturated rings. The van der Waals surface area contributed by atoms with Gasteiger partial charge < -0.3 is 15.6 Å². The number of hydrogen-bond donors (Lipinski definition) is 2. The minimum Gasteiger partial charge on any atom is -0.493 e. The Bertz CT molecular complexity index is 411. The minimum atomic E-state index is -0.506. The van der Waals surface area contributed by atoms with Gasteiger partial charge in [0.2, 0.25) is 0 Å². The van der Waals surface area contributed by atoms with E-state index < -0.39 is 6.10 Å². The third-order valence-corrected chi connectivity index (χ3v) is 3.76. The highest BCUT2D eigenvalue weighted by atomic mass is 35.5. The van der Waals surface area contributed by atoms with Crippen molar-refractivity contribution in [3.8, 4) is 5.75 Å². The van der Waals surface area contributed by atoms with Gasteiger partial charge in [0.05, 0.1) is 12.7 Å². The maximum Gasteiger partial charge on any atom is 0.122 e. The van der Waals surface area contributed by atoms with Crippen molar-refractivity contribution in [2.45, 2.75) is 58.1 Å². The predicted molar refractivity (Wildman–Crippen MR) is 84.5 cm³/mol. The van der Waals surface area contributed by atoms with Crippen molar-refractivity contribution in [1.29, 1.82) is 0 Å². The average Bonchev–Trinajstić information content (AvgIpc) is 2.44. The summed E-state index contributed by atoms with van der Waals surface area (Å²) in [6, 6.07) is 5.46. The van der Waals surface area contributed by atoms with Crippen molar-refractivity contribution in [2.24, 2.45) is 5.73 Å². The first-order valence-corrected chi connectivity index (χ1v) is 7.73. The van der Waals surface area contributed by atoms with Crippen LogP contribution >= 0.6 is 11.6 Å². The molecule has 0 saturated carbocycles. The van der Waals surface area contributed by atoms with Crippen LogP contribution < -0.4 is 10.5 Å². The number of aliphatic hydroxyl groups is 1. The highest BCUT2D eigenvalue weighted by Gasteiger charge is 2.20. The van der Waals surface area contributed by atoms with Crippen LogP contribution in [-0.4, -0.2) is 23.9 Å². The first-order valence-electron chi connectivity index (χ1n) is 7.35. The Morgan fingerprint density at radius 3 is 2.65 bits per heavy atom. The van der Waals surface area contributed by atoms with Crippen LogP contribution in [0.5, 0.6) is 5.75 Å². The maximum absolute atomic E-state index is 10.1. The number of halogens is 1. The van der Waals surface area contributed by atoms with Crippen LogP contribution in [0.25, 0.3) is 0 Å². The summed E-state index contributed by atoms with van der Waals surface area (Å²) in [7, 11) is 0. The molecular weight excluding hydrogens is 274 g/mol. The molecule has 0 aliphatic carbocycles. The lowest BCUT2D eigenvalue weighted by molar-refractivity contribution is 0.126. The minimum absolute atomic E-state index is 0.146. The molecule has 3 unspecified atom stereocenters. The largest absolute Gasteiger partial charge is 0.493 e. The Labute approximate surface area is 127 Å². The number of benzene rings is 1. The quantitative estimate of drug-likeness (QED) is 0.769. The van der Waals surface area contributed by atoms with E-state index in [2.05, 4.69) is 13.8 Å². The predicted octanol–water partition coefficient (Wildman–Crippen LogP) is 3.72. The molecule has 3 nitrogen and oxygen atoms in total. The Hall–Kier alpha value is -0.770. The van der Waals surface area contributed by atoms with E-state index in [1.165, 1.54) is 0 Å². The zero-order valence-electron chi connectivity index (χ0n) is 12.6. The van der Waals surface area contributed by atoms with Gasteiger partial charge >= 0.3 is 0 Å². The summed E-state index contributed by atoms with van der Waals surface area (Å²) in [6.45, 7) is 6.80. The molecule has 1 rings (SSSR count). The molecule has 114 valence electrons. The number of nitrogens with two attached hydrogens (primary N) is 1. The molecule has 4 heteroatoms. The average molecular weight is 300 g/mol. The van der Waals surface area contributed by atoms with Gasteiger partial charge in [-0.2, -0.15) is 0 Å². The third-order valence-electron chi connectivity index (χ3n) is 3.53. The van der Waals surface area contributed by atoms with Gasteiger partial charge in [-0.3, -0.25) is 0 Å². The summed E-state index contributed by atoms with van der Waals surface area (Å²) < 4.78 is 5.76. The van der Waals surface area contributed by atoms with Crippen LogP contribution in [0.2, 0.25) is 5.02 Å². The van der Waals surface area contributed by atoms with E-state index in [0.717, 1.165) is 24.2 Å². The fraction of sp³-hybridized carbons (Fsp3) is 0.625. The van der Waals surface area contributed by atoms with E-state index in [1.54, 1.807) is 0 Å². The van der Waals surface area contributed by atoms with Crippen molar-refractivity contribution in [2.75, 3.05) is 6.61 Å². The molecule has 0 saturated heterocycles. The molecule has 0 amide bonds. The Morgan fingerprint density at radius 1 is 1.35 bits per heavy atom. The smallest absolute Gasteiger partial charge is 0.122 e. The zero-order chi connectivity index (χ0) is 15.1. The van der Waals surface area contributed by atoms with Crippen molar-refractivity contribution in [1.82, 2.24) is 0 Å². The molecule has 3 atom stereocenters. The number of hydrogen-bond acceptors (Lipinski definition) is 3. The molecule has 0 aromatic heterocycles. The molecule has 1 aromatic rings. The van der Waals surface area contributed by atoms with Crippen molar-refractivity contribution >= 4 is 11.6 Å². The molecule has 20 heavy (non-hydrogen) atoms. The van der Waals surface area contributed by atoms with E-state index in [9.17, 15) is 5.11 Å². The number of aliphatic hydroxyl groups excluding tert-OH is 1. The van der Waals surface area contributed by atoms with Gasteiger partial charge in [-0.25, -0.2) is 0 Å². The van der Waals surface area contributed by atoms with Gasteiger partial charge in [0.1, 0.15) is 5.75 Å². The Balaban J connectivity index is 2.84. The van der Waals surface area contributed by atoms with Gasteiger partial charge in [-0.05, 0) is 48.9 Å². The zero-order valence-corrected chi connectivity index (χ0v) is 13.4. The molecule has 0 bridgehead atoms. The molecule has 0 heterocycles. The second-order valence-corrected chi connectivity index (χ2v) is 5.74. The van der Waals surface area contributed by atoms with E-state index in [4.69, 9.17) is 22.1 Å². The molecule has 0 aliphatic rings. The molecule has 3 N–H and O–H groups in total. The van der Waals surface area contributed by atoms with E-state index in [-0.39, 0.29) is 12.0 Å². The molecule has 1 aromatic carbocycles. The summed E-state index contributed by atoms with van der Waals surface area (Å²) in [5, 5.41) is 10.8. The van der Waals surface area contributed by atoms with E-state index in [0.29, 0.717) is 18.1 Å². The van der Waals surface area contributed by atoms with Crippen molar-refractivity contribution < 1.29 is 9.84 Å². The summed E-state index contributed by atoms with van der Waals surface area (Å²) in [5.74, 6) is 0.995. The van der Waals surface area contributed by atoms with Gasteiger partial charge in [-0.15, -0.1) is 0 Å². The highest BCUT2D eigenvalue weighted by molar-refractivity contribution is 6.30. The first kappa shape index (κ1) is 17.3. The van der Waals surface area contributed by atoms with Crippen LogP contribution in [0.15, 0.2) is 18.2 Å². The second kappa shape index (κ2) is 8.50. The fourth-order valence-electron chi connectivity index (χ4n) is 2.18. The summed E-state index contributed by atoms with van der Waals surface area (Å²) in [6.07, 6.45) is 1.83. The number of rotatable bonds is 8. The standard InChI is InChI=1S/C16H26ClNO2/c1-4-8-20-16-7-6-12(17)10-13(16)11(3)9-15(19)14(18)5-2/h6-7,10-11,14-15,19H,4-5,8-9,18H2,1-3H3. The lowest BCUT2D eigenvalue weighted by Gasteiger charge is -2.23. The molecule has 0 radical (unpaired) electrons. The molecule has 0 aliphatic heterocycles. The normalized spacial score (nSPS) is 15.7. The topological polar surface area (TPSA) is 55.5 Å². The summed E-state index contributed by atoms with van der Waals surface area (Å²) in [4.78, 5) is 0. The van der Waals surface area contributed by atoms with E-state index in [1.807, 2.05) is 25.1 Å². The first-order chi connectivity index (χ1) is 9.49. The van der Waals surface area contributed by atoms with Crippen LogP contribution in [0.1, 0.15) is 51.5 Å². The van der Waals surface area contributed by atoms with Gasteiger partial charge in [0.15, 0.2) is 0 Å². The molecule has 0 spiro atoms. The fourth-order valence-corrected chi connectivity index (χ4v) is 2.36. The van der Waals surface area contributed by atoms with E-state index >= 15 is 0 Å².